The number of aromatic hydroxyl groups is 1. The molecule has 4 bridgehead atoms. The number of halogens is 3. The molecular weight excluding hydrogens is 675 g/mol. The van der Waals surface area contributed by atoms with Gasteiger partial charge >= 0.3 is 6.01 Å². The molecule has 2 aliphatic heterocycles. The monoisotopic (exact) mass is 707 g/mol. The molecule has 3 aliphatic carbocycles. The maximum absolute atomic E-state index is 16.8. The molecule has 2 aromatic carbocycles. The third kappa shape index (κ3) is 4.66. The number of aromatic nitrogens is 3. The van der Waals surface area contributed by atoms with Crippen LogP contribution >= 0.6 is 22.6 Å². The number of piperazine rings is 1. The molecule has 2 atom stereocenters. The van der Waals surface area contributed by atoms with E-state index in [2.05, 4.69) is 48.7 Å². The molecule has 0 radical (unpaired) electrons. The minimum absolute atomic E-state index is 0.0165. The lowest BCUT2D eigenvalue weighted by atomic mass is 9.61. The predicted octanol–water partition coefficient (Wildman–Crippen LogP) is 6.66. The number of phenolic OH excluding ortho intramolecular Hbond substituents is 1. The summed E-state index contributed by atoms with van der Waals surface area (Å²) < 4.78 is 38.4. The zero-order chi connectivity index (χ0) is 30.2. The summed E-state index contributed by atoms with van der Waals surface area (Å²) in [6, 6.07) is 6.42. The number of terminal acetylenes is 1. The number of alkyl halides is 1. The van der Waals surface area contributed by atoms with Crippen molar-refractivity contribution in [3.63, 3.8) is 0 Å². The summed E-state index contributed by atoms with van der Waals surface area (Å²) in [5, 5.41) is 15.4. The Kier molecular flexibility index (Phi) is 6.65. The fraction of sp³-hybridized carbons (Fsp3) is 0.441. The smallest absolute Gasteiger partial charge is 0.319 e. The van der Waals surface area contributed by atoms with Crippen molar-refractivity contribution in [1.29, 1.82) is 0 Å². The second kappa shape index (κ2) is 10.4. The van der Waals surface area contributed by atoms with Crippen molar-refractivity contribution < 1.29 is 18.6 Å². The van der Waals surface area contributed by atoms with Gasteiger partial charge in [0.15, 0.2) is 5.82 Å². The van der Waals surface area contributed by atoms with Crippen LogP contribution in [0.3, 0.4) is 0 Å². The predicted molar refractivity (Wildman–Crippen MR) is 174 cm³/mol. The summed E-state index contributed by atoms with van der Waals surface area (Å²) in [5.74, 6) is 1.59. The van der Waals surface area contributed by atoms with Crippen molar-refractivity contribution in [3.8, 4) is 35.4 Å². The zero-order valence-electron chi connectivity index (χ0n) is 24.2. The summed E-state index contributed by atoms with van der Waals surface area (Å²) in [5.41, 5.74) is 0.273. The van der Waals surface area contributed by atoms with Gasteiger partial charge < -0.3 is 20.1 Å². The van der Waals surface area contributed by atoms with Crippen LogP contribution in [0.1, 0.15) is 56.9 Å². The van der Waals surface area contributed by atoms with Gasteiger partial charge in [-0.2, -0.15) is 9.97 Å². The molecule has 7 nitrogen and oxygen atoms in total. The van der Waals surface area contributed by atoms with Crippen molar-refractivity contribution in [2.75, 3.05) is 24.6 Å². The Bertz CT molecular complexity index is 1840. The first-order valence-electron chi connectivity index (χ1n) is 15.3. The number of nitrogens with one attached hydrogen (secondary N) is 1. The van der Waals surface area contributed by atoms with E-state index >= 15 is 4.39 Å². The number of pyridine rings is 1. The fourth-order valence-corrected chi connectivity index (χ4v) is 8.70. The summed E-state index contributed by atoms with van der Waals surface area (Å²) in [6.45, 7) is 1.99. The standard InChI is InChI=1S/C34H32F2IN5O2/c1-2-23-26(35)6-3-19-13-22(43)14-24(27(19)23)29-28(36)30-25(15-38-29)31(42-16-20-4-5-21(17-42)39-20)41-32(40-30)44-18-33-7-10-34(37,11-8-33)12-9-33/h1,3,6,13-15,20-21,39,43H,4-5,7-12,16-18H2/t20-,21+,33?,34?. The van der Waals surface area contributed by atoms with Gasteiger partial charge in [0.1, 0.15) is 28.6 Å². The molecule has 9 rings (SSSR count). The van der Waals surface area contributed by atoms with Crippen LogP contribution in [-0.4, -0.2) is 55.3 Å². The Labute approximate surface area is 268 Å². The minimum Gasteiger partial charge on any atom is -0.508 e. The second-order valence-corrected chi connectivity index (χ2v) is 15.4. The van der Waals surface area contributed by atoms with Gasteiger partial charge in [0.2, 0.25) is 0 Å². The number of phenols is 1. The molecule has 5 fully saturated rings. The van der Waals surface area contributed by atoms with Gasteiger partial charge in [0.25, 0.3) is 0 Å². The van der Waals surface area contributed by atoms with Gasteiger partial charge in [-0.25, -0.2) is 8.78 Å². The van der Waals surface area contributed by atoms with Crippen molar-refractivity contribution in [1.82, 2.24) is 20.3 Å². The lowest BCUT2D eigenvalue weighted by Gasteiger charge is -2.50. The molecule has 4 aromatic rings. The van der Waals surface area contributed by atoms with Gasteiger partial charge in [-0.1, -0.05) is 34.6 Å². The molecule has 3 saturated carbocycles. The summed E-state index contributed by atoms with van der Waals surface area (Å²) >= 11 is 2.64. The summed E-state index contributed by atoms with van der Waals surface area (Å²) in [7, 11) is 0. The van der Waals surface area contributed by atoms with Crippen LogP contribution in [0.5, 0.6) is 11.8 Å². The molecule has 0 unspecified atom stereocenters. The molecule has 4 heterocycles. The van der Waals surface area contributed by atoms with Gasteiger partial charge in [0, 0.05) is 51.2 Å². The maximum atomic E-state index is 16.8. The molecule has 44 heavy (non-hydrogen) atoms. The number of ether oxygens (including phenoxy) is 1. The SMILES string of the molecule is C#Cc1c(F)ccc2cc(O)cc(-c3ncc4c(N5C[C@H]6CC[C@@H](C5)N6)nc(OCC56CCC(I)(CC5)CC6)nc4c3F)c12. The average molecular weight is 708 g/mol. The Morgan fingerprint density at radius 1 is 1.07 bits per heavy atom. The normalized spacial score (nSPS) is 27.6. The highest BCUT2D eigenvalue weighted by Gasteiger charge is 2.48. The van der Waals surface area contributed by atoms with E-state index in [1.54, 1.807) is 6.20 Å². The number of nitrogens with zero attached hydrogens (tertiary/aromatic N) is 4. The van der Waals surface area contributed by atoms with E-state index in [-0.39, 0.29) is 39.5 Å². The number of hydrogen-bond donors (Lipinski definition) is 2. The molecule has 5 aliphatic rings. The van der Waals surface area contributed by atoms with Gasteiger partial charge in [0.05, 0.1) is 17.6 Å². The van der Waals surface area contributed by atoms with Crippen LogP contribution < -0.4 is 15.0 Å². The van der Waals surface area contributed by atoms with Crippen molar-refractivity contribution >= 4 is 50.1 Å². The van der Waals surface area contributed by atoms with Crippen LogP contribution in [-0.2, 0) is 0 Å². The number of rotatable bonds is 5. The number of benzene rings is 2. The highest BCUT2D eigenvalue weighted by Crippen LogP contribution is 2.56. The van der Waals surface area contributed by atoms with E-state index in [4.69, 9.17) is 16.1 Å². The quantitative estimate of drug-likeness (QED) is 0.137. The Hall–Kier alpha value is -3.30. The molecule has 2 aromatic heterocycles. The molecule has 0 spiro atoms. The van der Waals surface area contributed by atoms with Crippen molar-refractivity contribution in [2.45, 2.75) is 66.9 Å². The molecule has 0 amide bonds. The van der Waals surface area contributed by atoms with Gasteiger partial charge in [-0.15, -0.1) is 6.42 Å². The third-order valence-electron chi connectivity index (χ3n) is 10.4. The van der Waals surface area contributed by atoms with Gasteiger partial charge in [-0.05, 0) is 75.0 Å². The van der Waals surface area contributed by atoms with E-state index in [1.165, 1.54) is 43.5 Å². The van der Waals surface area contributed by atoms with Crippen molar-refractivity contribution in [3.05, 3.63) is 47.7 Å². The van der Waals surface area contributed by atoms with Crippen LogP contribution in [0.2, 0.25) is 0 Å². The molecular formula is C34H32F2IN5O2. The fourth-order valence-electron chi connectivity index (χ4n) is 7.89. The first-order valence-corrected chi connectivity index (χ1v) is 16.4. The number of hydrogen-bond acceptors (Lipinski definition) is 7. The van der Waals surface area contributed by atoms with E-state index in [0.717, 1.165) is 45.2 Å². The summed E-state index contributed by atoms with van der Waals surface area (Å²) in [4.78, 5) is 16.2. The topological polar surface area (TPSA) is 83.4 Å². The van der Waals surface area contributed by atoms with Crippen molar-refractivity contribution in [2.24, 2.45) is 5.41 Å². The zero-order valence-corrected chi connectivity index (χ0v) is 26.3. The molecule has 2 N–H and O–H groups in total. The lowest BCUT2D eigenvalue weighted by molar-refractivity contribution is 0.0326. The Morgan fingerprint density at radius 2 is 1.80 bits per heavy atom. The lowest BCUT2D eigenvalue weighted by Crippen LogP contribution is -2.51. The van der Waals surface area contributed by atoms with E-state index < -0.39 is 11.6 Å². The average Bonchev–Trinajstić information content (AvgIpc) is 3.37. The van der Waals surface area contributed by atoms with E-state index in [1.807, 2.05) is 0 Å². The molecule has 10 heteroatoms. The minimum atomic E-state index is -0.698. The first kappa shape index (κ1) is 28.2. The highest BCUT2D eigenvalue weighted by molar-refractivity contribution is 14.1. The van der Waals surface area contributed by atoms with Gasteiger partial charge in [-0.3, -0.25) is 4.98 Å². The van der Waals surface area contributed by atoms with Crippen LogP contribution in [0, 0.1) is 29.4 Å². The second-order valence-electron chi connectivity index (χ2n) is 13.2. The largest absolute Gasteiger partial charge is 0.508 e. The first-order chi connectivity index (χ1) is 21.2. The number of anilines is 1. The van der Waals surface area contributed by atoms with E-state index in [0.29, 0.717) is 44.1 Å². The highest BCUT2D eigenvalue weighted by atomic mass is 127. The van der Waals surface area contributed by atoms with E-state index in [9.17, 15) is 9.50 Å². The summed E-state index contributed by atoms with van der Waals surface area (Å²) in [6.07, 6.45) is 16.3. The van der Waals surface area contributed by atoms with Crippen LogP contribution in [0.15, 0.2) is 30.5 Å². The number of fused-ring (bicyclic) bond motifs is 7. The molecule has 226 valence electrons. The Balaban J connectivity index is 1.26. The van der Waals surface area contributed by atoms with Crippen LogP contribution in [0.25, 0.3) is 32.9 Å². The third-order valence-corrected chi connectivity index (χ3v) is 12.0. The maximum Gasteiger partial charge on any atom is 0.319 e. The molecule has 2 saturated heterocycles. The van der Waals surface area contributed by atoms with Crippen LogP contribution in [0.4, 0.5) is 14.6 Å². The Morgan fingerprint density at radius 3 is 2.50 bits per heavy atom.